The molecule has 1 aliphatic rings. The van der Waals surface area contributed by atoms with Gasteiger partial charge in [-0.25, -0.2) is 0 Å². The Labute approximate surface area is 155 Å². The molecule has 2 rings (SSSR count). The number of benzene rings is 1. The van der Waals surface area contributed by atoms with Gasteiger partial charge in [-0.05, 0) is 30.7 Å². The van der Waals surface area contributed by atoms with Gasteiger partial charge < -0.3 is 19.4 Å². The molecule has 0 aliphatic carbocycles. The van der Waals surface area contributed by atoms with E-state index in [1.165, 1.54) is 7.11 Å². The van der Waals surface area contributed by atoms with Gasteiger partial charge in [0.15, 0.2) is 0 Å². The third-order valence-corrected chi connectivity index (χ3v) is 5.02. The Balaban J connectivity index is 2.39. The Morgan fingerprint density at radius 3 is 2.68 bits per heavy atom. The molecule has 0 N–H and O–H groups in total. The molecule has 1 aromatic carbocycles. The molecule has 0 saturated carbocycles. The first kappa shape index (κ1) is 19.3. The monoisotopic (exact) mass is 380 g/mol. The smallest absolute Gasteiger partial charge is 0.266 e. The van der Waals surface area contributed by atoms with E-state index in [4.69, 9.17) is 21.7 Å². The highest BCUT2D eigenvalue weighted by atomic mass is 32.2. The lowest BCUT2D eigenvalue weighted by atomic mass is 10.1. The molecule has 1 saturated heterocycles. The first-order chi connectivity index (χ1) is 11.9. The zero-order valence-corrected chi connectivity index (χ0v) is 15.7. The van der Waals surface area contributed by atoms with Gasteiger partial charge in [0.05, 0.1) is 31.1 Å². The maximum Gasteiger partial charge on any atom is 0.266 e. The number of carbonyl (C=O) groups excluding carboxylic acids is 2. The second-order valence-corrected chi connectivity index (χ2v) is 6.96. The average molecular weight is 380 g/mol. The number of hydrogen-bond acceptors (Lipinski definition) is 7. The van der Waals surface area contributed by atoms with Crippen LogP contribution in [0.2, 0.25) is 0 Å². The second-order valence-electron chi connectivity index (χ2n) is 5.28. The van der Waals surface area contributed by atoms with Crippen molar-refractivity contribution >= 4 is 46.3 Å². The third-order valence-electron chi connectivity index (χ3n) is 3.69. The summed E-state index contributed by atoms with van der Waals surface area (Å²) in [6, 6.07) is 4.14. The quantitative estimate of drug-likeness (QED) is 0.527. The fourth-order valence-electron chi connectivity index (χ4n) is 2.47. The van der Waals surface area contributed by atoms with Gasteiger partial charge in [-0.2, -0.15) is 0 Å². The van der Waals surface area contributed by atoms with Crippen molar-refractivity contribution in [2.45, 2.75) is 25.8 Å². The molecule has 25 heavy (non-hydrogen) atoms. The van der Waals surface area contributed by atoms with Crippen molar-refractivity contribution < 1.29 is 24.2 Å². The van der Waals surface area contributed by atoms with E-state index in [1.54, 1.807) is 31.4 Å². The lowest BCUT2D eigenvalue weighted by Crippen LogP contribution is -2.49. The van der Waals surface area contributed by atoms with Crippen LogP contribution in [-0.2, 0) is 9.59 Å². The van der Waals surface area contributed by atoms with Crippen LogP contribution in [0, 0.1) is 0 Å². The lowest BCUT2D eigenvalue weighted by molar-refractivity contribution is -0.310. The summed E-state index contributed by atoms with van der Waals surface area (Å²) in [7, 11) is 3.07. The van der Waals surface area contributed by atoms with Crippen LogP contribution in [0.1, 0.15) is 25.3 Å². The van der Waals surface area contributed by atoms with Gasteiger partial charge in [0.25, 0.3) is 5.91 Å². The predicted molar refractivity (Wildman–Crippen MR) is 98.3 cm³/mol. The molecule has 0 radical (unpaired) electrons. The molecular weight excluding hydrogens is 362 g/mol. The van der Waals surface area contributed by atoms with Crippen LogP contribution in [0.4, 0.5) is 0 Å². The normalized spacial score (nSPS) is 17.1. The fraction of sp³-hybridized carbons (Fsp3) is 0.353. The van der Waals surface area contributed by atoms with Crippen molar-refractivity contribution in [1.29, 1.82) is 0 Å². The molecule has 8 heteroatoms. The number of methoxy groups -OCH3 is 2. The topological polar surface area (TPSA) is 78.9 Å². The number of carboxylic acid groups (broad SMARTS) is 1. The summed E-state index contributed by atoms with van der Waals surface area (Å²) >= 11 is 6.27. The Kier molecular flexibility index (Phi) is 6.44. The lowest BCUT2D eigenvalue weighted by Gasteiger charge is -2.27. The van der Waals surface area contributed by atoms with E-state index in [-0.39, 0.29) is 10.7 Å². The van der Waals surface area contributed by atoms with E-state index >= 15 is 0 Å². The maximum absolute atomic E-state index is 12.7. The SMILES string of the molecule is CCC[C@H](C(=O)[O-])N1C(=O)/C(=C/c2cc(OC)ccc2OC)SC1=S. The van der Waals surface area contributed by atoms with Crippen LogP contribution < -0.4 is 14.6 Å². The molecule has 0 spiro atoms. The number of amides is 1. The van der Waals surface area contributed by atoms with Crippen LogP contribution in [0.15, 0.2) is 23.1 Å². The first-order valence-electron chi connectivity index (χ1n) is 7.62. The minimum absolute atomic E-state index is 0.209. The zero-order chi connectivity index (χ0) is 18.6. The number of rotatable bonds is 7. The zero-order valence-electron chi connectivity index (χ0n) is 14.1. The molecule has 1 amide bonds. The average Bonchev–Trinajstić information content (AvgIpc) is 2.86. The second kappa shape index (κ2) is 8.35. The van der Waals surface area contributed by atoms with E-state index in [0.717, 1.165) is 16.7 Å². The van der Waals surface area contributed by atoms with Gasteiger partial charge in [-0.3, -0.25) is 9.69 Å². The van der Waals surface area contributed by atoms with E-state index in [2.05, 4.69) is 0 Å². The highest BCUT2D eigenvalue weighted by molar-refractivity contribution is 8.26. The molecule has 1 heterocycles. The van der Waals surface area contributed by atoms with Crippen molar-refractivity contribution in [3.05, 3.63) is 28.7 Å². The molecule has 0 unspecified atom stereocenters. The molecule has 0 aromatic heterocycles. The van der Waals surface area contributed by atoms with E-state index in [0.29, 0.717) is 28.4 Å². The first-order valence-corrected chi connectivity index (χ1v) is 8.85. The summed E-state index contributed by atoms with van der Waals surface area (Å²) in [4.78, 5) is 25.5. The summed E-state index contributed by atoms with van der Waals surface area (Å²) in [6.07, 6.45) is 2.50. The van der Waals surface area contributed by atoms with Crippen molar-refractivity contribution in [1.82, 2.24) is 4.90 Å². The van der Waals surface area contributed by atoms with Gasteiger partial charge in [0, 0.05) is 5.56 Å². The third kappa shape index (κ3) is 4.13. The molecule has 1 aliphatic heterocycles. The van der Waals surface area contributed by atoms with Gasteiger partial charge in [0.1, 0.15) is 15.8 Å². The molecule has 1 atom stereocenters. The molecule has 1 aromatic rings. The number of carboxylic acids is 1. The van der Waals surface area contributed by atoms with Gasteiger partial charge in [0.2, 0.25) is 0 Å². The number of hydrogen-bond donors (Lipinski definition) is 0. The number of carbonyl (C=O) groups is 2. The van der Waals surface area contributed by atoms with Gasteiger partial charge >= 0.3 is 0 Å². The van der Waals surface area contributed by atoms with Crippen LogP contribution in [-0.4, -0.2) is 41.4 Å². The minimum Gasteiger partial charge on any atom is -0.548 e. The van der Waals surface area contributed by atoms with Crippen LogP contribution in [0.25, 0.3) is 6.08 Å². The summed E-state index contributed by atoms with van der Waals surface area (Å²) in [5.74, 6) is -0.571. The number of ether oxygens (including phenoxy) is 2. The number of nitrogens with zero attached hydrogens (tertiary/aromatic N) is 1. The summed E-state index contributed by atoms with van der Waals surface area (Å²) < 4.78 is 10.7. The minimum atomic E-state index is -1.31. The van der Waals surface area contributed by atoms with Crippen molar-refractivity contribution in [2.75, 3.05) is 14.2 Å². The number of thiocarbonyl (C=S) groups is 1. The molecule has 134 valence electrons. The molecular formula is C17H18NO5S2-. The Morgan fingerprint density at radius 1 is 1.40 bits per heavy atom. The van der Waals surface area contributed by atoms with E-state index in [1.807, 2.05) is 6.92 Å². The standard InChI is InChI=1S/C17H19NO5S2/c1-4-5-12(16(20)21)18-15(19)14(25-17(18)24)9-10-8-11(22-2)6-7-13(10)23-3/h6-9,12H,4-5H2,1-3H3,(H,20,21)/p-1/b14-9-/t12-/m1/s1. The maximum atomic E-state index is 12.7. The van der Waals surface area contributed by atoms with E-state index < -0.39 is 17.9 Å². The highest BCUT2D eigenvalue weighted by Crippen LogP contribution is 2.36. The number of thioether (sulfide) groups is 1. The highest BCUT2D eigenvalue weighted by Gasteiger charge is 2.37. The predicted octanol–water partition coefficient (Wildman–Crippen LogP) is 1.82. The van der Waals surface area contributed by atoms with Crippen LogP contribution in [0.5, 0.6) is 11.5 Å². The fourth-order valence-corrected chi connectivity index (χ4v) is 3.82. The Morgan fingerprint density at radius 2 is 2.12 bits per heavy atom. The van der Waals surface area contributed by atoms with Gasteiger partial charge in [-0.1, -0.05) is 37.3 Å². The van der Waals surface area contributed by atoms with Crippen molar-refractivity contribution in [3.8, 4) is 11.5 Å². The van der Waals surface area contributed by atoms with Crippen LogP contribution >= 0.6 is 24.0 Å². The Hall–Kier alpha value is -2.06. The molecule has 6 nitrogen and oxygen atoms in total. The Bertz CT molecular complexity index is 732. The summed E-state index contributed by atoms with van der Waals surface area (Å²) in [5.41, 5.74) is 0.642. The summed E-state index contributed by atoms with van der Waals surface area (Å²) in [5, 5.41) is 11.4. The number of aliphatic carboxylic acids is 1. The summed E-state index contributed by atoms with van der Waals surface area (Å²) in [6.45, 7) is 1.84. The molecule has 0 bridgehead atoms. The largest absolute Gasteiger partial charge is 0.548 e. The van der Waals surface area contributed by atoms with E-state index in [9.17, 15) is 14.7 Å². The van der Waals surface area contributed by atoms with Crippen molar-refractivity contribution in [3.63, 3.8) is 0 Å². The molecule has 1 fully saturated rings. The van der Waals surface area contributed by atoms with Gasteiger partial charge in [-0.15, -0.1) is 0 Å². The van der Waals surface area contributed by atoms with Crippen LogP contribution in [0.3, 0.4) is 0 Å². The van der Waals surface area contributed by atoms with Crippen molar-refractivity contribution in [2.24, 2.45) is 0 Å².